The predicted molar refractivity (Wildman–Crippen MR) is 173 cm³/mol. The molecule has 0 atom stereocenters. The Morgan fingerprint density at radius 1 is 0.439 bits per heavy atom. The second-order valence-corrected chi connectivity index (χ2v) is 11.6. The predicted octanol–water partition coefficient (Wildman–Crippen LogP) is 10.6. The third-order valence-electron chi connectivity index (χ3n) is 8.32. The molecule has 0 saturated heterocycles. The Balaban J connectivity index is 1.39. The van der Waals surface area contributed by atoms with E-state index in [-0.39, 0.29) is 0 Å². The van der Waals surface area contributed by atoms with Crippen molar-refractivity contribution < 1.29 is 0 Å². The quantitative estimate of drug-likeness (QED) is 0.208. The molecule has 0 saturated carbocycles. The molecule has 190 valence electrons. The van der Waals surface area contributed by atoms with Crippen LogP contribution >= 0.6 is 11.3 Å². The van der Waals surface area contributed by atoms with Crippen LogP contribution in [0.5, 0.6) is 0 Å². The molecule has 0 unspecified atom stereocenters. The fourth-order valence-electron chi connectivity index (χ4n) is 6.49. The standard InChI is InChI=1S/C38H22N2S/c1-2-11-24-23(10-1)25-12-3-4-14-27(25)30-20-21-33-37(36(30)29-16-6-5-13-26(24)29)40-34(22-39-33)32-18-9-17-31-28-15-7-8-19-35(28)41-38(31)32/h1-22H. The average molecular weight is 539 g/mol. The van der Waals surface area contributed by atoms with Gasteiger partial charge in [0.25, 0.3) is 0 Å². The number of benzene rings is 6. The lowest BCUT2D eigenvalue weighted by atomic mass is 9.80. The molecule has 0 bridgehead atoms. The number of aromatic nitrogens is 2. The molecule has 0 amide bonds. The normalized spacial score (nSPS) is 11.9. The number of rotatable bonds is 1. The summed E-state index contributed by atoms with van der Waals surface area (Å²) in [5, 5.41) is 2.56. The molecule has 6 aromatic carbocycles. The van der Waals surface area contributed by atoms with Crippen LogP contribution in [-0.2, 0) is 0 Å². The van der Waals surface area contributed by atoms with E-state index in [1.807, 2.05) is 17.5 Å². The van der Waals surface area contributed by atoms with Crippen molar-refractivity contribution in [1.29, 1.82) is 0 Å². The van der Waals surface area contributed by atoms with Gasteiger partial charge in [-0.05, 0) is 51.1 Å². The van der Waals surface area contributed by atoms with E-state index in [4.69, 9.17) is 9.97 Å². The van der Waals surface area contributed by atoms with Gasteiger partial charge in [-0.15, -0.1) is 11.3 Å². The lowest BCUT2D eigenvalue weighted by Gasteiger charge is -2.23. The molecule has 2 heterocycles. The van der Waals surface area contributed by atoms with Crippen molar-refractivity contribution in [2.45, 2.75) is 0 Å². The Morgan fingerprint density at radius 2 is 1.00 bits per heavy atom. The molecule has 8 aromatic rings. The number of nitrogens with zero attached hydrogens (tertiary/aromatic N) is 2. The zero-order chi connectivity index (χ0) is 26.9. The molecule has 1 aliphatic carbocycles. The Hall–Kier alpha value is -5.12. The van der Waals surface area contributed by atoms with E-state index in [1.54, 1.807) is 0 Å². The van der Waals surface area contributed by atoms with E-state index in [9.17, 15) is 0 Å². The molecule has 0 aliphatic heterocycles. The molecule has 2 aromatic heterocycles. The zero-order valence-corrected chi connectivity index (χ0v) is 22.8. The van der Waals surface area contributed by atoms with Crippen molar-refractivity contribution in [1.82, 2.24) is 9.97 Å². The second-order valence-electron chi connectivity index (χ2n) is 10.5. The maximum atomic E-state index is 5.42. The topological polar surface area (TPSA) is 25.8 Å². The van der Waals surface area contributed by atoms with Gasteiger partial charge in [0.1, 0.15) is 0 Å². The molecule has 0 fully saturated rings. The molecule has 3 heteroatoms. The second kappa shape index (κ2) is 8.69. The molecule has 41 heavy (non-hydrogen) atoms. The first-order valence-corrected chi connectivity index (χ1v) is 14.7. The van der Waals surface area contributed by atoms with E-state index in [0.717, 1.165) is 27.9 Å². The van der Waals surface area contributed by atoms with Crippen LogP contribution in [0.15, 0.2) is 134 Å². The van der Waals surface area contributed by atoms with Gasteiger partial charge in [-0.2, -0.15) is 0 Å². The van der Waals surface area contributed by atoms with Gasteiger partial charge in [-0.25, -0.2) is 4.98 Å². The molecular weight excluding hydrogens is 516 g/mol. The van der Waals surface area contributed by atoms with Crippen molar-refractivity contribution >= 4 is 42.5 Å². The Kier molecular flexibility index (Phi) is 4.80. The number of thiophene rings is 1. The summed E-state index contributed by atoms with van der Waals surface area (Å²) in [5.74, 6) is 0. The summed E-state index contributed by atoms with van der Waals surface area (Å²) >= 11 is 1.83. The van der Waals surface area contributed by atoms with Crippen LogP contribution in [0.4, 0.5) is 0 Å². The van der Waals surface area contributed by atoms with Gasteiger partial charge in [0.05, 0.1) is 22.9 Å². The molecule has 0 spiro atoms. The Bertz CT molecular complexity index is 2320. The summed E-state index contributed by atoms with van der Waals surface area (Å²) < 4.78 is 2.54. The van der Waals surface area contributed by atoms with Gasteiger partial charge in [-0.1, -0.05) is 115 Å². The van der Waals surface area contributed by atoms with Crippen LogP contribution < -0.4 is 0 Å². The third-order valence-corrected chi connectivity index (χ3v) is 9.54. The van der Waals surface area contributed by atoms with Gasteiger partial charge < -0.3 is 0 Å². The lowest BCUT2D eigenvalue weighted by Crippen LogP contribution is -1.99. The Labute approximate surface area is 241 Å². The van der Waals surface area contributed by atoms with E-state index < -0.39 is 0 Å². The molecule has 0 N–H and O–H groups in total. The first-order valence-electron chi connectivity index (χ1n) is 13.8. The van der Waals surface area contributed by atoms with Crippen LogP contribution in [0.1, 0.15) is 0 Å². The molecule has 9 rings (SSSR count). The van der Waals surface area contributed by atoms with E-state index in [2.05, 4.69) is 127 Å². The van der Waals surface area contributed by atoms with Crippen LogP contribution in [0.25, 0.3) is 87.0 Å². The third kappa shape index (κ3) is 3.30. The molecule has 2 nitrogen and oxygen atoms in total. The number of hydrogen-bond donors (Lipinski definition) is 0. The summed E-state index contributed by atoms with van der Waals surface area (Å²) in [6.07, 6.45) is 1.94. The highest BCUT2D eigenvalue weighted by Crippen LogP contribution is 2.49. The van der Waals surface area contributed by atoms with Crippen molar-refractivity contribution in [2.24, 2.45) is 0 Å². The summed E-state index contributed by atoms with van der Waals surface area (Å²) in [6.45, 7) is 0. The highest BCUT2D eigenvalue weighted by Gasteiger charge is 2.24. The van der Waals surface area contributed by atoms with Gasteiger partial charge in [0, 0.05) is 31.3 Å². The monoisotopic (exact) mass is 538 g/mol. The van der Waals surface area contributed by atoms with Gasteiger partial charge >= 0.3 is 0 Å². The SMILES string of the molecule is c1ccc2c(c1)-c1ccccc1-c1ccc3ncc(-c4cccc5c4sc4ccccc45)nc3c1-c1ccccc1-2. The minimum absolute atomic E-state index is 0.899. The smallest absolute Gasteiger partial charge is 0.0979 e. The van der Waals surface area contributed by atoms with Crippen molar-refractivity contribution in [3.05, 3.63) is 134 Å². The first kappa shape index (κ1) is 22.7. The van der Waals surface area contributed by atoms with Crippen LogP contribution in [0.2, 0.25) is 0 Å². The molecular formula is C38H22N2S. The summed E-state index contributed by atoms with van der Waals surface area (Å²) in [6, 6.07) is 45.7. The fraction of sp³-hybridized carbons (Fsp3) is 0. The van der Waals surface area contributed by atoms with E-state index >= 15 is 0 Å². The van der Waals surface area contributed by atoms with Crippen LogP contribution in [0, 0.1) is 0 Å². The highest BCUT2D eigenvalue weighted by atomic mass is 32.1. The van der Waals surface area contributed by atoms with Crippen LogP contribution in [0.3, 0.4) is 0 Å². The summed E-state index contributed by atoms with van der Waals surface area (Å²) in [5.41, 5.74) is 13.5. The largest absolute Gasteiger partial charge is 0.252 e. The Morgan fingerprint density at radius 3 is 1.73 bits per heavy atom. The average Bonchev–Trinajstić information content (AvgIpc) is 3.42. The van der Waals surface area contributed by atoms with Gasteiger partial charge in [0.2, 0.25) is 0 Å². The highest BCUT2D eigenvalue weighted by molar-refractivity contribution is 7.26. The minimum atomic E-state index is 0.899. The maximum absolute atomic E-state index is 5.42. The maximum Gasteiger partial charge on any atom is 0.0979 e. The van der Waals surface area contributed by atoms with E-state index in [1.165, 1.54) is 59.1 Å². The number of hydrogen-bond acceptors (Lipinski definition) is 3. The number of fused-ring (bicyclic) bond motifs is 13. The summed E-state index contributed by atoms with van der Waals surface area (Å²) in [7, 11) is 0. The zero-order valence-electron chi connectivity index (χ0n) is 22.0. The van der Waals surface area contributed by atoms with Crippen molar-refractivity contribution in [3.63, 3.8) is 0 Å². The lowest BCUT2D eigenvalue weighted by molar-refractivity contribution is 1.30. The van der Waals surface area contributed by atoms with Crippen LogP contribution in [-0.4, -0.2) is 9.97 Å². The first-order chi connectivity index (χ1) is 20.3. The van der Waals surface area contributed by atoms with Crippen molar-refractivity contribution in [2.75, 3.05) is 0 Å². The molecule has 1 aliphatic rings. The fourth-order valence-corrected chi connectivity index (χ4v) is 7.72. The minimum Gasteiger partial charge on any atom is -0.252 e. The molecule has 0 radical (unpaired) electrons. The summed E-state index contributed by atoms with van der Waals surface area (Å²) in [4.78, 5) is 10.4. The van der Waals surface area contributed by atoms with E-state index in [0.29, 0.717) is 0 Å². The van der Waals surface area contributed by atoms with Gasteiger partial charge in [0.15, 0.2) is 0 Å². The van der Waals surface area contributed by atoms with Crippen molar-refractivity contribution in [3.8, 4) is 55.8 Å². The van der Waals surface area contributed by atoms with Gasteiger partial charge in [-0.3, -0.25) is 4.98 Å².